The van der Waals surface area contributed by atoms with Gasteiger partial charge in [-0.1, -0.05) is 60.1 Å². The van der Waals surface area contributed by atoms with Crippen LogP contribution in [-0.4, -0.2) is 0 Å². The van der Waals surface area contributed by atoms with Crippen LogP contribution in [0.15, 0.2) is 12.1 Å². The van der Waals surface area contributed by atoms with Crippen LogP contribution in [0.1, 0.15) is 128 Å². The van der Waals surface area contributed by atoms with Crippen molar-refractivity contribution in [1.82, 2.24) is 0 Å². The van der Waals surface area contributed by atoms with E-state index in [1.165, 1.54) is 64.2 Å². The van der Waals surface area contributed by atoms with Crippen LogP contribution in [-0.2, 0) is 6.42 Å². The number of fused-ring (bicyclic) bond motifs is 9. The zero-order valence-corrected chi connectivity index (χ0v) is 23.0. The average molecular weight is 447 g/mol. The molecule has 4 saturated carbocycles. The van der Waals surface area contributed by atoms with Crippen molar-refractivity contribution in [2.45, 2.75) is 126 Å². The van der Waals surface area contributed by atoms with Gasteiger partial charge in [-0.25, -0.2) is 0 Å². The number of rotatable bonds is 0. The van der Waals surface area contributed by atoms with E-state index in [4.69, 9.17) is 0 Å². The molecule has 8 atom stereocenters. The Hall–Kier alpha value is -0.780. The van der Waals surface area contributed by atoms with Crippen LogP contribution in [0.4, 0.5) is 0 Å². The molecule has 0 N–H and O–H groups in total. The number of hydrogen-bond donors (Lipinski definition) is 0. The molecule has 0 nitrogen and oxygen atoms in total. The lowest BCUT2D eigenvalue weighted by Gasteiger charge is -2.73. The maximum Gasteiger partial charge on any atom is -0.00963 e. The van der Waals surface area contributed by atoms with Crippen LogP contribution < -0.4 is 0 Å². The molecule has 0 spiro atoms. The molecule has 5 aliphatic rings. The second-order valence-corrected chi connectivity index (χ2v) is 15.3. The minimum Gasteiger partial charge on any atom is -0.0596 e. The Bertz CT molecular complexity index is 984. The third-order valence-corrected chi connectivity index (χ3v) is 13.9. The van der Waals surface area contributed by atoms with Crippen molar-refractivity contribution in [3.63, 3.8) is 0 Å². The molecule has 6 rings (SSSR count). The van der Waals surface area contributed by atoms with Gasteiger partial charge in [-0.05, 0) is 145 Å². The maximum atomic E-state index is 2.80. The van der Waals surface area contributed by atoms with Crippen molar-refractivity contribution in [2.24, 2.45) is 44.8 Å². The molecule has 5 aliphatic carbocycles. The Morgan fingerprint density at radius 1 is 0.636 bits per heavy atom. The first-order valence-corrected chi connectivity index (χ1v) is 14.5. The molecular weight excluding hydrogens is 396 g/mol. The second kappa shape index (κ2) is 6.70. The molecule has 0 amide bonds. The lowest BCUT2D eigenvalue weighted by molar-refractivity contribution is -0.235. The second-order valence-electron chi connectivity index (χ2n) is 15.3. The van der Waals surface area contributed by atoms with Crippen LogP contribution >= 0.6 is 0 Å². The van der Waals surface area contributed by atoms with Gasteiger partial charge in [-0.3, -0.25) is 0 Å². The molecule has 0 aliphatic heterocycles. The predicted molar refractivity (Wildman–Crippen MR) is 141 cm³/mol. The van der Waals surface area contributed by atoms with Crippen LogP contribution in [0.2, 0.25) is 0 Å². The highest BCUT2D eigenvalue weighted by Crippen LogP contribution is 2.78. The summed E-state index contributed by atoms with van der Waals surface area (Å²) in [7, 11) is 0. The summed E-state index contributed by atoms with van der Waals surface area (Å²) in [5.74, 6) is 3.54. The Morgan fingerprint density at radius 2 is 1.24 bits per heavy atom. The van der Waals surface area contributed by atoms with E-state index in [1.807, 2.05) is 0 Å². The van der Waals surface area contributed by atoms with E-state index in [-0.39, 0.29) is 0 Å². The summed E-state index contributed by atoms with van der Waals surface area (Å²) in [6, 6.07) is 4.82. The van der Waals surface area contributed by atoms with E-state index < -0.39 is 0 Å². The first-order valence-electron chi connectivity index (χ1n) is 14.5. The highest BCUT2D eigenvalue weighted by atomic mass is 14.7. The minimum absolute atomic E-state index is 0.462. The Balaban J connectivity index is 1.41. The topological polar surface area (TPSA) is 0 Å². The molecular formula is C33H50. The van der Waals surface area contributed by atoms with Crippen molar-refractivity contribution in [3.05, 3.63) is 34.4 Å². The van der Waals surface area contributed by atoms with Gasteiger partial charge in [0.2, 0.25) is 0 Å². The van der Waals surface area contributed by atoms with Crippen LogP contribution in [0.25, 0.3) is 0 Å². The molecule has 1 aromatic carbocycles. The van der Waals surface area contributed by atoms with Gasteiger partial charge in [-0.15, -0.1) is 0 Å². The Morgan fingerprint density at radius 3 is 1.94 bits per heavy atom. The lowest BCUT2D eigenvalue weighted by Crippen LogP contribution is -2.65. The van der Waals surface area contributed by atoms with Gasteiger partial charge in [0.1, 0.15) is 0 Å². The van der Waals surface area contributed by atoms with Gasteiger partial charge in [0.05, 0.1) is 0 Å². The van der Waals surface area contributed by atoms with Gasteiger partial charge >= 0.3 is 0 Å². The summed E-state index contributed by atoms with van der Waals surface area (Å²) < 4.78 is 0. The minimum atomic E-state index is 0.462. The van der Waals surface area contributed by atoms with E-state index >= 15 is 0 Å². The highest BCUT2D eigenvalue weighted by molar-refractivity contribution is 5.49. The molecule has 33 heavy (non-hydrogen) atoms. The van der Waals surface area contributed by atoms with E-state index in [0.717, 1.165) is 23.7 Å². The SMILES string of the molecule is Cc1ccc(C)c2c1CC1(C)C2CCC2(C)C1CCC1C3(C)CCCC(C)(C)C3CCC12C. The molecule has 1 aromatic rings. The molecule has 0 heteroatoms. The third kappa shape index (κ3) is 2.60. The zero-order chi connectivity index (χ0) is 23.6. The highest BCUT2D eigenvalue weighted by Gasteiger charge is 2.70. The average Bonchev–Trinajstić information content (AvgIpc) is 3.05. The third-order valence-electron chi connectivity index (χ3n) is 13.9. The number of aryl methyl sites for hydroxylation is 2. The van der Waals surface area contributed by atoms with Crippen LogP contribution in [0, 0.1) is 58.7 Å². The first-order chi connectivity index (χ1) is 15.4. The quantitative estimate of drug-likeness (QED) is 0.372. The van der Waals surface area contributed by atoms with Crippen molar-refractivity contribution < 1.29 is 0 Å². The predicted octanol–water partition coefficient (Wildman–Crippen LogP) is 9.41. The van der Waals surface area contributed by atoms with Crippen LogP contribution in [0.5, 0.6) is 0 Å². The molecule has 0 radical (unpaired) electrons. The smallest absolute Gasteiger partial charge is 0.00963 e. The molecule has 0 saturated heterocycles. The summed E-state index contributed by atoms with van der Waals surface area (Å²) in [4.78, 5) is 0. The van der Waals surface area contributed by atoms with Gasteiger partial charge in [0, 0.05) is 0 Å². The normalized spacial score (nSPS) is 49.9. The largest absolute Gasteiger partial charge is 0.0596 e. The van der Waals surface area contributed by atoms with Crippen molar-refractivity contribution in [2.75, 3.05) is 0 Å². The fourth-order valence-corrected chi connectivity index (χ4v) is 12.3. The summed E-state index contributed by atoms with van der Waals surface area (Å²) >= 11 is 0. The molecule has 4 fully saturated rings. The van der Waals surface area contributed by atoms with Crippen molar-refractivity contribution in [3.8, 4) is 0 Å². The monoisotopic (exact) mass is 446 g/mol. The van der Waals surface area contributed by atoms with Gasteiger partial charge in [0.25, 0.3) is 0 Å². The van der Waals surface area contributed by atoms with Gasteiger partial charge < -0.3 is 0 Å². The fourth-order valence-electron chi connectivity index (χ4n) is 12.3. The molecule has 182 valence electrons. The van der Waals surface area contributed by atoms with E-state index in [9.17, 15) is 0 Å². The van der Waals surface area contributed by atoms with Crippen molar-refractivity contribution in [1.29, 1.82) is 0 Å². The summed E-state index contributed by atoms with van der Waals surface area (Å²) in [5, 5.41) is 0. The zero-order valence-electron chi connectivity index (χ0n) is 23.0. The Labute approximate surface area is 204 Å². The fraction of sp³-hybridized carbons (Fsp3) is 0.818. The molecule has 0 bridgehead atoms. The Kier molecular flexibility index (Phi) is 4.60. The molecule has 0 aromatic heterocycles. The first kappa shape index (κ1) is 22.7. The van der Waals surface area contributed by atoms with Gasteiger partial charge in [0.15, 0.2) is 0 Å². The molecule has 8 unspecified atom stereocenters. The maximum absolute atomic E-state index is 2.80. The van der Waals surface area contributed by atoms with E-state index in [2.05, 4.69) is 67.5 Å². The van der Waals surface area contributed by atoms with E-state index in [1.54, 1.807) is 22.3 Å². The molecule has 0 heterocycles. The van der Waals surface area contributed by atoms with Crippen LogP contribution in [0.3, 0.4) is 0 Å². The summed E-state index contributed by atoms with van der Waals surface area (Å²) in [6.07, 6.45) is 14.6. The lowest BCUT2D eigenvalue weighted by atomic mass is 9.32. The summed E-state index contributed by atoms with van der Waals surface area (Å²) in [6.45, 7) is 21.1. The van der Waals surface area contributed by atoms with E-state index in [0.29, 0.717) is 27.1 Å². The van der Waals surface area contributed by atoms with Gasteiger partial charge in [-0.2, -0.15) is 0 Å². The number of hydrogen-bond acceptors (Lipinski definition) is 0. The summed E-state index contributed by atoms with van der Waals surface area (Å²) in [5.41, 5.74) is 9.23. The number of benzene rings is 1. The standard InChI is InChI=1S/C33H50/c1-21-10-11-22(2)28-23(21)20-31(6)24(28)14-18-32(7)27(31)13-12-26-30(5)17-9-16-29(3,4)25(30)15-19-33(26,32)8/h10-11,24-27H,9,12-20H2,1-8H3. The van der Waals surface area contributed by atoms with Crippen molar-refractivity contribution >= 4 is 0 Å².